The molecule has 1 N–H and O–H groups in total. The Bertz CT molecular complexity index is 1190. The first-order valence-electron chi connectivity index (χ1n) is 9.90. The molecule has 8 heteroatoms. The first-order chi connectivity index (χ1) is 15.2. The molecular formula is C24H21FN2O5. The summed E-state index contributed by atoms with van der Waals surface area (Å²) in [6.07, 6.45) is 0.189. The first kappa shape index (κ1) is 22.6. The maximum Gasteiger partial charge on any atom is 0.336 e. The van der Waals surface area contributed by atoms with Gasteiger partial charge in [-0.25, -0.2) is 9.18 Å². The third kappa shape index (κ3) is 4.49. The van der Waals surface area contributed by atoms with Crippen LogP contribution >= 0.6 is 0 Å². The topological polar surface area (TPSA) is 101 Å². The van der Waals surface area contributed by atoms with E-state index in [9.17, 15) is 29.2 Å². The normalized spacial score (nSPS) is 10.6. The van der Waals surface area contributed by atoms with E-state index in [0.717, 1.165) is 6.07 Å². The Morgan fingerprint density at radius 1 is 1.06 bits per heavy atom. The summed E-state index contributed by atoms with van der Waals surface area (Å²) in [7, 11) is 0. The summed E-state index contributed by atoms with van der Waals surface area (Å²) < 4.78 is 14.1. The van der Waals surface area contributed by atoms with Crippen LogP contribution < -0.4 is 4.90 Å². The van der Waals surface area contributed by atoms with Crippen LogP contribution in [-0.4, -0.2) is 21.9 Å². The zero-order valence-electron chi connectivity index (χ0n) is 17.5. The van der Waals surface area contributed by atoms with Crippen LogP contribution in [0.15, 0.2) is 60.7 Å². The SMILES string of the molecule is CCc1c(C(=O)O)ccc([N+](=O)[O-])c1N(Cc1ccc(-c2ccccc2F)cc1)C(C)=O. The van der Waals surface area contributed by atoms with Gasteiger partial charge in [0.05, 0.1) is 17.0 Å². The van der Waals surface area contributed by atoms with E-state index >= 15 is 0 Å². The van der Waals surface area contributed by atoms with E-state index in [1.807, 2.05) is 0 Å². The van der Waals surface area contributed by atoms with E-state index in [1.54, 1.807) is 49.4 Å². The number of rotatable bonds is 7. The van der Waals surface area contributed by atoms with Gasteiger partial charge >= 0.3 is 5.97 Å². The Hall–Kier alpha value is -4.07. The average molecular weight is 436 g/mol. The molecule has 0 aliphatic rings. The maximum absolute atomic E-state index is 14.1. The molecule has 32 heavy (non-hydrogen) atoms. The number of nitro groups is 1. The zero-order valence-corrected chi connectivity index (χ0v) is 17.5. The molecule has 1 amide bonds. The minimum atomic E-state index is -1.23. The van der Waals surface area contributed by atoms with E-state index in [0.29, 0.717) is 16.7 Å². The quantitative estimate of drug-likeness (QED) is 0.404. The van der Waals surface area contributed by atoms with Crippen molar-refractivity contribution in [1.29, 1.82) is 0 Å². The minimum Gasteiger partial charge on any atom is -0.478 e. The Labute approximate surface area is 183 Å². The lowest BCUT2D eigenvalue weighted by Crippen LogP contribution is -2.30. The van der Waals surface area contributed by atoms with Gasteiger partial charge in [0.2, 0.25) is 5.91 Å². The molecule has 0 radical (unpaired) electrons. The molecule has 3 aromatic carbocycles. The predicted molar refractivity (Wildman–Crippen MR) is 118 cm³/mol. The van der Waals surface area contributed by atoms with Gasteiger partial charge in [-0.15, -0.1) is 0 Å². The number of anilines is 1. The number of carboxylic acids is 1. The van der Waals surface area contributed by atoms with Gasteiger partial charge in [0.1, 0.15) is 11.5 Å². The monoisotopic (exact) mass is 436 g/mol. The number of benzene rings is 3. The van der Waals surface area contributed by atoms with Crippen LogP contribution in [0, 0.1) is 15.9 Å². The fraction of sp³-hybridized carbons (Fsp3) is 0.167. The highest BCUT2D eigenvalue weighted by atomic mass is 19.1. The van der Waals surface area contributed by atoms with Crippen LogP contribution in [0.4, 0.5) is 15.8 Å². The number of halogens is 1. The van der Waals surface area contributed by atoms with E-state index in [2.05, 4.69) is 0 Å². The molecule has 3 rings (SSSR count). The van der Waals surface area contributed by atoms with Crippen LogP contribution in [0.3, 0.4) is 0 Å². The van der Waals surface area contributed by atoms with Gasteiger partial charge in [-0.05, 0) is 35.2 Å². The Kier molecular flexibility index (Phi) is 6.63. The number of aromatic carboxylic acids is 1. The molecule has 0 aromatic heterocycles. The standard InChI is InChI=1S/C24H21FN2O5/c1-3-18-20(24(29)30)12-13-22(27(31)32)23(18)26(15(2)28)14-16-8-10-17(11-9-16)19-6-4-5-7-21(19)25/h4-13H,3,14H2,1-2H3,(H,29,30). The zero-order chi connectivity index (χ0) is 23.4. The van der Waals surface area contributed by atoms with Crippen LogP contribution in [0.1, 0.15) is 35.3 Å². The minimum absolute atomic E-state index is 0.0101. The number of nitro benzene ring substituents is 1. The van der Waals surface area contributed by atoms with Gasteiger partial charge in [-0.2, -0.15) is 0 Å². The van der Waals surface area contributed by atoms with Gasteiger partial charge in [0.25, 0.3) is 5.69 Å². The molecule has 0 bridgehead atoms. The summed E-state index contributed by atoms with van der Waals surface area (Å²) in [6, 6.07) is 15.4. The van der Waals surface area contributed by atoms with Gasteiger partial charge in [0.15, 0.2) is 0 Å². The van der Waals surface area contributed by atoms with Crippen molar-refractivity contribution in [3.63, 3.8) is 0 Å². The molecule has 3 aromatic rings. The molecular weight excluding hydrogens is 415 g/mol. The highest BCUT2D eigenvalue weighted by Crippen LogP contribution is 2.36. The third-order valence-corrected chi connectivity index (χ3v) is 5.17. The molecule has 0 heterocycles. The molecule has 164 valence electrons. The van der Waals surface area contributed by atoms with Crippen molar-refractivity contribution in [2.75, 3.05) is 4.90 Å². The molecule has 0 spiro atoms. The van der Waals surface area contributed by atoms with Crippen LogP contribution in [-0.2, 0) is 17.8 Å². The van der Waals surface area contributed by atoms with Gasteiger partial charge in [0, 0.05) is 18.6 Å². The second kappa shape index (κ2) is 9.38. The lowest BCUT2D eigenvalue weighted by Gasteiger charge is -2.24. The summed E-state index contributed by atoms with van der Waals surface area (Å²) in [5.41, 5.74) is 1.49. The summed E-state index contributed by atoms with van der Waals surface area (Å²) in [5.74, 6) is -2.06. The number of hydrogen-bond donors (Lipinski definition) is 1. The largest absolute Gasteiger partial charge is 0.478 e. The molecule has 0 aliphatic heterocycles. The summed E-state index contributed by atoms with van der Waals surface area (Å²) in [6.45, 7) is 2.94. The van der Waals surface area contributed by atoms with Crippen molar-refractivity contribution < 1.29 is 24.0 Å². The maximum atomic E-state index is 14.1. The fourth-order valence-electron chi connectivity index (χ4n) is 3.65. The Morgan fingerprint density at radius 2 is 1.72 bits per heavy atom. The average Bonchev–Trinajstić information content (AvgIpc) is 2.77. The highest BCUT2D eigenvalue weighted by Gasteiger charge is 2.29. The summed E-state index contributed by atoms with van der Waals surface area (Å²) in [4.78, 5) is 36.4. The third-order valence-electron chi connectivity index (χ3n) is 5.17. The van der Waals surface area contributed by atoms with Crippen molar-refractivity contribution in [2.24, 2.45) is 0 Å². The number of carbonyl (C=O) groups excluding carboxylic acids is 1. The number of carboxylic acid groups (broad SMARTS) is 1. The molecule has 0 saturated carbocycles. The van der Waals surface area contributed by atoms with E-state index in [1.165, 1.54) is 24.0 Å². The van der Waals surface area contributed by atoms with Crippen molar-refractivity contribution in [2.45, 2.75) is 26.8 Å². The van der Waals surface area contributed by atoms with Crippen molar-refractivity contribution in [1.82, 2.24) is 0 Å². The summed E-state index contributed by atoms with van der Waals surface area (Å²) >= 11 is 0. The summed E-state index contributed by atoms with van der Waals surface area (Å²) in [5, 5.41) is 21.2. The Balaban J connectivity index is 2.05. The first-order valence-corrected chi connectivity index (χ1v) is 9.90. The van der Waals surface area contributed by atoms with Gasteiger partial charge in [-0.1, -0.05) is 49.4 Å². The van der Waals surface area contributed by atoms with E-state index in [4.69, 9.17) is 0 Å². The van der Waals surface area contributed by atoms with E-state index in [-0.39, 0.29) is 41.3 Å². The van der Waals surface area contributed by atoms with Crippen LogP contribution in [0.25, 0.3) is 11.1 Å². The van der Waals surface area contributed by atoms with Crippen molar-refractivity contribution >= 4 is 23.3 Å². The molecule has 0 fully saturated rings. The second-order valence-electron chi connectivity index (χ2n) is 7.16. The fourth-order valence-corrected chi connectivity index (χ4v) is 3.65. The number of carbonyl (C=O) groups is 2. The molecule has 0 atom stereocenters. The smallest absolute Gasteiger partial charge is 0.336 e. The molecule has 0 saturated heterocycles. The lowest BCUT2D eigenvalue weighted by atomic mass is 9.99. The Morgan fingerprint density at radius 3 is 2.25 bits per heavy atom. The molecule has 0 unspecified atom stereocenters. The predicted octanol–water partition coefficient (Wildman–Crippen LogP) is 5.21. The van der Waals surface area contributed by atoms with Crippen molar-refractivity contribution in [3.8, 4) is 11.1 Å². The van der Waals surface area contributed by atoms with Crippen LogP contribution in [0.5, 0.6) is 0 Å². The lowest BCUT2D eigenvalue weighted by molar-refractivity contribution is -0.384. The molecule has 7 nitrogen and oxygen atoms in total. The van der Waals surface area contributed by atoms with Gasteiger partial charge < -0.3 is 10.0 Å². The van der Waals surface area contributed by atoms with Crippen molar-refractivity contribution in [3.05, 3.63) is 93.3 Å². The number of nitrogens with zero attached hydrogens (tertiary/aromatic N) is 2. The second-order valence-corrected chi connectivity index (χ2v) is 7.16. The van der Waals surface area contributed by atoms with Crippen LogP contribution in [0.2, 0.25) is 0 Å². The number of hydrogen-bond acceptors (Lipinski definition) is 4. The number of amides is 1. The highest BCUT2D eigenvalue weighted by molar-refractivity contribution is 5.99. The van der Waals surface area contributed by atoms with E-state index < -0.39 is 16.8 Å². The van der Waals surface area contributed by atoms with Gasteiger partial charge in [-0.3, -0.25) is 14.9 Å². The molecule has 0 aliphatic carbocycles.